The van der Waals surface area contributed by atoms with E-state index < -0.39 is 30.5 Å². The molecule has 2 aromatic carbocycles. The zero-order valence-corrected chi connectivity index (χ0v) is 20.5. The summed E-state index contributed by atoms with van der Waals surface area (Å²) in [6.45, 7) is 0.372. The lowest BCUT2D eigenvalue weighted by Crippen LogP contribution is -2.42. The number of benzene rings is 2. The monoisotopic (exact) mass is 562 g/mol. The molecule has 36 heavy (non-hydrogen) atoms. The number of fused-ring (bicyclic) bond motifs is 1. The summed E-state index contributed by atoms with van der Waals surface area (Å²) in [4.78, 5) is 18.2. The first-order chi connectivity index (χ1) is 17.1. The number of halogens is 5. The third-order valence-corrected chi connectivity index (χ3v) is 6.75. The number of aromatic nitrogens is 5. The number of carbonyl (C=O) groups excluding carboxylic acids is 1. The average molecular weight is 563 g/mol. The Morgan fingerprint density at radius 1 is 1.14 bits per heavy atom. The molecule has 1 aliphatic rings. The number of rotatable bonds is 4. The number of hydrogen-bond acceptors (Lipinski definition) is 4. The second-order valence-electron chi connectivity index (χ2n) is 8.50. The molecule has 1 amide bonds. The Kier molecular flexibility index (Phi) is 6.15. The van der Waals surface area contributed by atoms with E-state index in [2.05, 4.69) is 31.2 Å². The Labute approximate surface area is 211 Å². The van der Waals surface area contributed by atoms with Crippen molar-refractivity contribution in [3.63, 3.8) is 0 Å². The highest BCUT2D eigenvalue weighted by atomic mass is 79.9. The van der Waals surface area contributed by atoms with Crippen molar-refractivity contribution in [2.45, 2.75) is 32.0 Å². The molecule has 0 N–H and O–H groups in total. The molecule has 5 rings (SSSR count). The third kappa shape index (κ3) is 4.64. The topological polar surface area (TPSA) is 68.8 Å². The molecule has 186 valence electrons. The van der Waals surface area contributed by atoms with E-state index in [4.69, 9.17) is 0 Å². The maximum absolute atomic E-state index is 14.8. The lowest BCUT2D eigenvalue weighted by molar-refractivity contribution is -0.134. The van der Waals surface area contributed by atoms with Gasteiger partial charge in [-0.05, 0) is 49.6 Å². The van der Waals surface area contributed by atoms with Gasteiger partial charge in [0.05, 0.1) is 23.9 Å². The van der Waals surface area contributed by atoms with Gasteiger partial charge in [0.1, 0.15) is 24.1 Å². The van der Waals surface area contributed by atoms with Gasteiger partial charge in [-0.25, -0.2) is 14.1 Å². The summed E-state index contributed by atoms with van der Waals surface area (Å²) in [7, 11) is 0. The molecule has 7 nitrogen and oxygen atoms in total. The van der Waals surface area contributed by atoms with Crippen LogP contribution in [0.3, 0.4) is 0 Å². The van der Waals surface area contributed by atoms with Gasteiger partial charge in [0.15, 0.2) is 0 Å². The lowest BCUT2D eigenvalue weighted by atomic mass is 10.1. The Hall–Kier alpha value is -3.54. The van der Waals surface area contributed by atoms with E-state index in [0.717, 1.165) is 10.6 Å². The summed E-state index contributed by atoms with van der Waals surface area (Å²) in [6.07, 6.45) is 0.628. The van der Waals surface area contributed by atoms with Gasteiger partial charge in [-0.1, -0.05) is 33.3 Å². The van der Waals surface area contributed by atoms with Gasteiger partial charge >= 0.3 is 6.18 Å². The maximum atomic E-state index is 14.8. The summed E-state index contributed by atoms with van der Waals surface area (Å²) >= 11 is 3.39. The van der Waals surface area contributed by atoms with Gasteiger partial charge < -0.3 is 9.47 Å². The molecule has 4 aromatic rings. The van der Waals surface area contributed by atoms with Gasteiger partial charge in [-0.3, -0.25) is 4.79 Å². The lowest BCUT2D eigenvalue weighted by Gasteiger charge is -2.27. The second-order valence-corrected chi connectivity index (χ2v) is 9.36. The fraction of sp³-hybridized carbons (Fsp3) is 0.250. The van der Waals surface area contributed by atoms with E-state index >= 15 is 0 Å². The third-order valence-electron chi connectivity index (χ3n) is 6.00. The van der Waals surface area contributed by atoms with Crippen LogP contribution in [0.2, 0.25) is 0 Å². The summed E-state index contributed by atoms with van der Waals surface area (Å²) < 4.78 is 58.5. The molecule has 3 heterocycles. The van der Waals surface area contributed by atoms with E-state index in [-0.39, 0.29) is 12.1 Å². The van der Waals surface area contributed by atoms with Crippen LogP contribution in [0.25, 0.3) is 16.9 Å². The first-order valence-corrected chi connectivity index (χ1v) is 11.8. The van der Waals surface area contributed by atoms with Crippen LogP contribution in [0.5, 0.6) is 0 Å². The number of hydrogen-bond donors (Lipinski definition) is 0. The minimum absolute atomic E-state index is 0.210. The number of carbonyl (C=O) groups is 1. The second kappa shape index (κ2) is 9.16. The normalized spacial score (nSPS) is 16.2. The smallest absolute Gasteiger partial charge is 0.303 e. The predicted octanol–water partition coefficient (Wildman–Crippen LogP) is 5.42. The SMILES string of the molecule is Cc1cn(-c2ccc(-c3cn(C4CCc5c(Br)cccc5N(CC(F)(F)F)C4=O)nn3)cc2F)cn1. The van der Waals surface area contributed by atoms with Crippen LogP contribution in [0.1, 0.15) is 23.7 Å². The van der Waals surface area contributed by atoms with E-state index in [1.807, 2.05) is 0 Å². The van der Waals surface area contributed by atoms with E-state index in [1.54, 1.807) is 42.0 Å². The zero-order valence-electron chi connectivity index (χ0n) is 18.9. The van der Waals surface area contributed by atoms with Crippen LogP contribution in [-0.2, 0) is 11.2 Å². The standard InChI is InChI=1S/C24H19BrF4N6O/c1-14-10-33(13-30-14)21-7-5-15(9-18(21)26)19-11-35(32-31-19)22-8-6-16-17(25)3-2-4-20(16)34(23(22)36)12-24(27,28)29/h2-5,7,9-11,13,22H,6,8,12H2,1H3. The molecular weight excluding hydrogens is 544 g/mol. The minimum atomic E-state index is -4.59. The highest BCUT2D eigenvalue weighted by molar-refractivity contribution is 9.10. The first kappa shape index (κ1) is 24.2. The van der Waals surface area contributed by atoms with Crippen LogP contribution in [-0.4, -0.2) is 43.2 Å². The number of anilines is 1. The molecule has 12 heteroatoms. The highest BCUT2D eigenvalue weighted by Crippen LogP contribution is 2.37. The van der Waals surface area contributed by atoms with Crippen molar-refractivity contribution in [2.24, 2.45) is 0 Å². The quantitative estimate of drug-likeness (QED) is 0.311. The van der Waals surface area contributed by atoms with Gasteiger partial charge in [0, 0.05) is 21.9 Å². The summed E-state index contributed by atoms with van der Waals surface area (Å²) in [5.74, 6) is -1.25. The van der Waals surface area contributed by atoms with Gasteiger partial charge in [-0.2, -0.15) is 13.2 Å². The number of alkyl halides is 3. The van der Waals surface area contributed by atoms with Gasteiger partial charge in [0.2, 0.25) is 0 Å². The average Bonchev–Trinajstić information content (AvgIpc) is 3.44. The van der Waals surface area contributed by atoms with Gasteiger partial charge in [0.25, 0.3) is 5.91 Å². The van der Waals surface area contributed by atoms with Crippen LogP contribution < -0.4 is 4.90 Å². The summed E-state index contributed by atoms with van der Waals surface area (Å²) in [5, 5.41) is 8.09. The van der Waals surface area contributed by atoms with Crippen LogP contribution in [0.4, 0.5) is 23.2 Å². The number of aryl methyl sites for hydroxylation is 1. The molecule has 0 aliphatic carbocycles. The van der Waals surface area contributed by atoms with Crippen molar-refractivity contribution >= 4 is 27.5 Å². The largest absolute Gasteiger partial charge is 0.406 e. The van der Waals surface area contributed by atoms with Gasteiger partial charge in [-0.15, -0.1) is 5.10 Å². The first-order valence-electron chi connectivity index (χ1n) is 11.0. The molecule has 0 fully saturated rings. The molecule has 1 aliphatic heterocycles. The molecular formula is C24H19BrF4N6O. The molecule has 0 saturated heterocycles. The van der Waals surface area contributed by atoms with Crippen molar-refractivity contribution in [1.29, 1.82) is 0 Å². The summed E-state index contributed by atoms with van der Waals surface area (Å²) in [6, 6.07) is 8.33. The minimum Gasteiger partial charge on any atom is -0.303 e. The van der Waals surface area contributed by atoms with E-state index in [9.17, 15) is 22.4 Å². The van der Waals surface area contributed by atoms with Crippen molar-refractivity contribution in [1.82, 2.24) is 24.5 Å². The number of nitrogens with zero attached hydrogens (tertiary/aromatic N) is 6. The van der Waals surface area contributed by atoms with Crippen molar-refractivity contribution in [2.75, 3.05) is 11.4 Å². The summed E-state index contributed by atoms with van der Waals surface area (Å²) in [5.41, 5.74) is 2.58. The fourth-order valence-electron chi connectivity index (χ4n) is 4.33. The highest BCUT2D eigenvalue weighted by Gasteiger charge is 2.40. The number of imidazole rings is 1. The molecule has 1 atom stereocenters. The Bertz CT molecular complexity index is 1450. The van der Waals surface area contributed by atoms with E-state index in [0.29, 0.717) is 33.4 Å². The fourth-order valence-corrected chi connectivity index (χ4v) is 4.88. The van der Waals surface area contributed by atoms with Crippen molar-refractivity contribution in [3.8, 4) is 16.9 Å². The molecule has 2 aromatic heterocycles. The Balaban J connectivity index is 1.46. The van der Waals surface area contributed by atoms with Crippen LogP contribution >= 0.6 is 15.9 Å². The molecule has 1 unspecified atom stereocenters. The maximum Gasteiger partial charge on any atom is 0.406 e. The van der Waals surface area contributed by atoms with Crippen molar-refractivity contribution in [3.05, 3.63) is 76.7 Å². The molecule has 0 saturated carbocycles. The Morgan fingerprint density at radius 3 is 2.64 bits per heavy atom. The molecule has 0 bridgehead atoms. The van der Waals surface area contributed by atoms with Crippen molar-refractivity contribution < 1.29 is 22.4 Å². The predicted molar refractivity (Wildman–Crippen MR) is 127 cm³/mol. The van der Waals surface area contributed by atoms with Crippen LogP contribution in [0.15, 0.2) is 59.6 Å². The Morgan fingerprint density at radius 2 is 1.94 bits per heavy atom. The molecule has 0 radical (unpaired) electrons. The zero-order chi connectivity index (χ0) is 25.6. The van der Waals surface area contributed by atoms with E-state index in [1.165, 1.54) is 29.3 Å². The van der Waals surface area contributed by atoms with Crippen LogP contribution in [0, 0.1) is 12.7 Å². The molecule has 0 spiro atoms. The number of amides is 1.